The standard InChI is InChI=1S/C22H18FN3O3/c1-15-19(14-25-26(15)18-7-5-17(23)6-8-18)20(27)9-3-16-4-10-21(29-12-11-24)22(13-16)28-2/h3-10,13-14H,12H2,1-2H3. The van der Waals surface area contributed by atoms with Crippen molar-refractivity contribution in [3.8, 4) is 23.3 Å². The molecule has 0 aliphatic rings. The Bertz CT molecular complexity index is 1100. The fourth-order valence-electron chi connectivity index (χ4n) is 2.77. The van der Waals surface area contributed by atoms with Gasteiger partial charge in [0.1, 0.15) is 11.9 Å². The molecule has 0 radical (unpaired) electrons. The molecule has 1 aromatic heterocycles. The molecule has 1 heterocycles. The quantitative estimate of drug-likeness (QED) is 0.447. The van der Waals surface area contributed by atoms with E-state index in [1.807, 2.05) is 6.07 Å². The van der Waals surface area contributed by atoms with E-state index in [1.165, 1.54) is 31.5 Å². The number of hydrogen-bond donors (Lipinski definition) is 0. The third kappa shape index (κ3) is 4.50. The van der Waals surface area contributed by atoms with Crippen molar-refractivity contribution in [1.29, 1.82) is 5.26 Å². The number of ether oxygens (including phenoxy) is 2. The van der Waals surface area contributed by atoms with Crippen molar-refractivity contribution in [2.75, 3.05) is 13.7 Å². The molecule has 0 N–H and O–H groups in total. The zero-order chi connectivity index (χ0) is 20.8. The molecule has 0 amide bonds. The zero-order valence-electron chi connectivity index (χ0n) is 15.9. The molecule has 0 bridgehead atoms. The predicted octanol–water partition coefficient (Wildman–Crippen LogP) is 4.13. The summed E-state index contributed by atoms with van der Waals surface area (Å²) >= 11 is 0. The number of nitrogens with zero attached hydrogens (tertiary/aromatic N) is 3. The van der Waals surface area contributed by atoms with Crippen molar-refractivity contribution in [3.63, 3.8) is 0 Å². The Hall–Kier alpha value is -3.92. The summed E-state index contributed by atoms with van der Waals surface area (Å²) in [7, 11) is 1.50. The van der Waals surface area contributed by atoms with Gasteiger partial charge in [-0.3, -0.25) is 4.79 Å². The lowest BCUT2D eigenvalue weighted by Crippen LogP contribution is -2.01. The number of carbonyl (C=O) groups is 1. The summed E-state index contributed by atoms with van der Waals surface area (Å²) < 4.78 is 25.2. The van der Waals surface area contributed by atoms with Gasteiger partial charge in [0.05, 0.1) is 30.3 Å². The number of ketones is 1. The number of allylic oxidation sites excluding steroid dienone is 1. The second-order valence-corrected chi connectivity index (χ2v) is 6.09. The number of halogens is 1. The van der Waals surface area contributed by atoms with Gasteiger partial charge >= 0.3 is 0 Å². The van der Waals surface area contributed by atoms with E-state index < -0.39 is 0 Å². The molecule has 0 fully saturated rings. The lowest BCUT2D eigenvalue weighted by atomic mass is 10.1. The lowest BCUT2D eigenvalue weighted by molar-refractivity contribution is 0.104. The van der Waals surface area contributed by atoms with E-state index in [-0.39, 0.29) is 18.2 Å². The molecule has 3 aromatic rings. The van der Waals surface area contributed by atoms with E-state index in [9.17, 15) is 9.18 Å². The molecule has 146 valence electrons. The van der Waals surface area contributed by atoms with Gasteiger partial charge in [0.15, 0.2) is 23.9 Å². The van der Waals surface area contributed by atoms with Gasteiger partial charge in [-0.2, -0.15) is 10.4 Å². The second-order valence-electron chi connectivity index (χ2n) is 6.09. The normalized spacial score (nSPS) is 10.7. The number of hydrogen-bond acceptors (Lipinski definition) is 5. The Balaban J connectivity index is 1.79. The van der Waals surface area contributed by atoms with Crippen LogP contribution in [0.15, 0.2) is 54.7 Å². The van der Waals surface area contributed by atoms with Crippen LogP contribution in [0.5, 0.6) is 11.5 Å². The van der Waals surface area contributed by atoms with E-state index in [4.69, 9.17) is 14.7 Å². The van der Waals surface area contributed by atoms with Gasteiger partial charge in [0, 0.05) is 0 Å². The van der Waals surface area contributed by atoms with Gasteiger partial charge in [-0.15, -0.1) is 0 Å². The molecule has 0 spiro atoms. The highest BCUT2D eigenvalue weighted by atomic mass is 19.1. The first kappa shape index (κ1) is 19.8. The molecule has 6 nitrogen and oxygen atoms in total. The molecule has 0 aliphatic heterocycles. The molecule has 0 saturated heterocycles. The van der Waals surface area contributed by atoms with Crippen molar-refractivity contribution < 1.29 is 18.7 Å². The Kier molecular flexibility index (Phi) is 6.05. The molecular weight excluding hydrogens is 373 g/mol. The Labute approximate surface area is 167 Å². The third-order valence-electron chi connectivity index (χ3n) is 4.25. The summed E-state index contributed by atoms with van der Waals surface area (Å²) in [6.45, 7) is 1.70. The van der Waals surface area contributed by atoms with E-state index in [0.717, 1.165) is 5.56 Å². The predicted molar refractivity (Wildman–Crippen MR) is 106 cm³/mol. The maximum atomic E-state index is 13.1. The van der Waals surface area contributed by atoms with Crippen LogP contribution in [-0.4, -0.2) is 29.3 Å². The molecule has 29 heavy (non-hydrogen) atoms. The Morgan fingerprint density at radius 1 is 1.24 bits per heavy atom. The largest absolute Gasteiger partial charge is 0.493 e. The minimum absolute atomic E-state index is 0.0820. The average Bonchev–Trinajstić information content (AvgIpc) is 3.12. The fraction of sp³-hybridized carbons (Fsp3) is 0.136. The fourth-order valence-corrected chi connectivity index (χ4v) is 2.77. The summed E-state index contributed by atoms with van der Waals surface area (Å²) in [5.74, 6) is 0.376. The maximum Gasteiger partial charge on any atom is 0.189 e. The van der Waals surface area contributed by atoms with Crippen molar-refractivity contribution >= 4 is 11.9 Å². The SMILES string of the molecule is COc1cc(C=CC(=O)c2cnn(-c3ccc(F)cc3)c2C)ccc1OCC#N. The average molecular weight is 391 g/mol. The highest BCUT2D eigenvalue weighted by Crippen LogP contribution is 2.28. The van der Waals surface area contributed by atoms with Gasteiger partial charge in [0.2, 0.25) is 0 Å². The first-order valence-electron chi connectivity index (χ1n) is 8.74. The van der Waals surface area contributed by atoms with Gasteiger partial charge in [0.25, 0.3) is 0 Å². The maximum absolute atomic E-state index is 13.1. The van der Waals surface area contributed by atoms with Crippen LogP contribution >= 0.6 is 0 Å². The second kappa shape index (κ2) is 8.85. The molecule has 0 atom stereocenters. The molecular formula is C22H18FN3O3. The molecule has 0 unspecified atom stereocenters. The zero-order valence-corrected chi connectivity index (χ0v) is 15.9. The topological polar surface area (TPSA) is 77.1 Å². The Morgan fingerprint density at radius 2 is 2.00 bits per heavy atom. The highest BCUT2D eigenvalue weighted by Gasteiger charge is 2.13. The van der Waals surface area contributed by atoms with E-state index in [1.54, 1.807) is 48.0 Å². The molecule has 0 saturated carbocycles. The lowest BCUT2D eigenvalue weighted by Gasteiger charge is -2.08. The van der Waals surface area contributed by atoms with Crippen molar-refractivity contribution in [2.24, 2.45) is 0 Å². The van der Waals surface area contributed by atoms with Crippen molar-refractivity contribution in [1.82, 2.24) is 9.78 Å². The molecule has 3 rings (SSSR count). The van der Waals surface area contributed by atoms with Crippen LogP contribution < -0.4 is 9.47 Å². The minimum Gasteiger partial charge on any atom is -0.493 e. The van der Waals surface area contributed by atoms with Crippen LogP contribution in [0.25, 0.3) is 11.8 Å². The monoisotopic (exact) mass is 391 g/mol. The van der Waals surface area contributed by atoms with Gasteiger partial charge in [-0.05, 0) is 55.0 Å². The van der Waals surface area contributed by atoms with Crippen molar-refractivity contribution in [3.05, 3.63) is 77.4 Å². The highest BCUT2D eigenvalue weighted by molar-refractivity contribution is 6.07. The number of methoxy groups -OCH3 is 1. The van der Waals surface area contributed by atoms with Crippen molar-refractivity contribution in [2.45, 2.75) is 6.92 Å². The number of rotatable bonds is 7. The summed E-state index contributed by atoms with van der Waals surface area (Å²) in [6.07, 6.45) is 4.60. The third-order valence-corrected chi connectivity index (χ3v) is 4.25. The summed E-state index contributed by atoms with van der Waals surface area (Å²) in [4.78, 5) is 12.6. The smallest absolute Gasteiger partial charge is 0.189 e. The van der Waals surface area contributed by atoms with Gasteiger partial charge in [-0.25, -0.2) is 9.07 Å². The van der Waals surface area contributed by atoms with E-state index in [0.29, 0.717) is 28.4 Å². The van der Waals surface area contributed by atoms with E-state index in [2.05, 4.69) is 5.10 Å². The van der Waals surface area contributed by atoms with E-state index >= 15 is 0 Å². The van der Waals surface area contributed by atoms with Gasteiger partial charge in [-0.1, -0.05) is 12.1 Å². The minimum atomic E-state index is -0.336. The molecule has 2 aromatic carbocycles. The van der Waals surface area contributed by atoms with Crippen LogP contribution in [0.3, 0.4) is 0 Å². The number of benzene rings is 2. The Morgan fingerprint density at radius 3 is 2.69 bits per heavy atom. The molecule has 7 heteroatoms. The summed E-state index contributed by atoms with van der Waals surface area (Å²) in [5, 5.41) is 12.9. The number of aromatic nitrogens is 2. The van der Waals surface area contributed by atoms with Gasteiger partial charge < -0.3 is 9.47 Å². The van der Waals surface area contributed by atoms with Crippen LogP contribution in [0.1, 0.15) is 21.6 Å². The number of carbonyl (C=O) groups excluding carboxylic acids is 1. The first-order valence-corrected chi connectivity index (χ1v) is 8.74. The first-order chi connectivity index (χ1) is 14.0. The van der Waals surface area contributed by atoms with Crippen LogP contribution in [0.4, 0.5) is 4.39 Å². The summed E-state index contributed by atoms with van der Waals surface area (Å²) in [6, 6.07) is 12.9. The van der Waals surface area contributed by atoms with Crippen LogP contribution in [-0.2, 0) is 0 Å². The summed E-state index contributed by atoms with van der Waals surface area (Å²) in [5.41, 5.74) is 2.52. The van der Waals surface area contributed by atoms with Crippen LogP contribution in [0.2, 0.25) is 0 Å². The number of nitriles is 1. The van der Waals surface area contributed by atoms with Crippen LogP contribution in [0, 0.1) is 24.1 Å². The molecule has 0 aliphatic carbocycles.